The largest absolute Gasteiger partial charge is 0.339 e. The molecule has 0 saturated carbocycles. The Kier molecular flexibility index (Phi) is 4.35. The SMILES string of the molecule is CC(N)(C(=O)N1CCSCC1)c1ccc(Br)cc1. The molecule has 98 valence electrons. The molecule has 1 heterocycles. The normalized spacial score (nSPS) is 19.4. The molecule has 1 aliphatic heterocycles. The van der Waals surface area contributed by atoms with Crippen LogP contribution in [0.2, 0.25) is 0 Å². The minimum absolute atomic E-state index is 0.0186. The fraction of sp³-hybridized carbons (Fsp3) is 0.462. The molecule has 1 aliphatic rings. The Morgan fingerprint density at radius 1 is 1.33 bits per heavy atom. The van der Waals surface area contributed by atoms with E-state index in [-0.39, 0.29) is 5.91 Å². The highest BCUT2D eigenvalue weighted by Gasteiger charge is 2.34. The topological polar surface area (TPSA) is 46.3 Å². The lowest BCUT2D eigenvalue weighted by Crippen LogP contribution is -2.53. The van der Waals surface area contributed by atoms with Crippen molar-refractivity contribution in [2.45, 2.75) is 12.5 Å². The molecule has 5 heteroatoms. The Balaban J connectivity index is 2.18. The monoisotopic (exact) mass is 328 g/mol. The standard InChI is InChI=1S/C13H17BrN2OS/c1-13(15,10-2-4-11(14)5-3-10)12(17)16-6-8-18-9-7-16/h2-5H,6-9,15H2,1H3. The van der Waals surface area contributed by atoms with Gasteiger partial charge in [0.1, 0.15) is 5.54 Å². The number of nitrogens with zero attached hydrogens (tertiary/aromatic N) is 1. The summed E-state index contributed by atoms with van der Waals surface area (Å²) in [6, 6.07) is 7.64. The van der Waals surface area contributed by atoms with Crippen LogP contribution in [0.5, 0.6) is 0 Å². The Labute approximate surface area is 120 Å². The molecule has 2 N–H and O–H groups in total. The van der Waals surface area contributed by atoms with Crippen molar-refractivity contribution in [1.82, 2.24) is 4.90 Å². The van der Waals surface area contributed by atoms with Crippen LogP contribution in [-0.4, -0.2) is 35.4 Å². The van der Waals surface area contributed by atoms with Crippen LogP contribution >= 0.6 is 27.7 Å². The van der Waals surface area contributed by atoms with Gasteiger partial charge in [0.15, 0.2) is 0 Å². The number of benzene rings is 1. The molecule has 3 nitrogen and oxygen atoms in total. The third kappa shape index (κ3) is 2.90. The van der Waals surface area contributed by atoms with Crippen LogP contribution in [0, 0.1) is 0 Å². The summed E-state index contributed by atoms with van der Waals surface area (Å²) >= 11 is 5.27. The maximum Gasteiger partial charge on any atom is 0.247 e. The van der Waals surface area contributed by atoms with Crippen molar-refractivity contribution < 1.29 is 4.79 Å². The molecule has 0 bridgehead atoms. The van der Waals surface area contributed by atoms with Gasteiger partial charge in [-0.05, 0) is 24.6 Å². The van der Waals surface area contributed by atoms with Crippen LogP contribution in [0.25, 0.3) is 0 Å². The average molecular weight is 329 g/mol. The van der Waals surface area contributed by atoms with Crippen molar-refractivity contribution in [3.05, 3.63) is 34.3 Å². The molecule has 0 spiro atoms. The number of thioether (sulfide) groups is 1. The van der Waals surface area contributed by atoms with Crippen LogP contribution < -0.4 is 5.73 Å². The first kappa shape index (κ1) is 13.9. The van der Waals surface area contributed by atoms with E-state index < -0.39 is 5.54 Å². The number of hydrogen-bond acceptors (Lipinski definition) is 3. The van der Waals surface area contributed by atoms with E-state index in [0.29, 0.717) is 0 Å². The zero-order valence-corrected chi connectivity index (χ0v) is 12.8. The van der Waals surface area contributed by atoms with Gasteiger partial charge in [-0.15, -0.1) is 0 Å². The number of hydrogen-bond donors (Lipinski definition) is 1. The average Bonchev–Trinajstić information content (AvgIpc) is 2.39. The third-order valence-electron chi connectivity index (χ3n) is 3.19. The highest BCUT2D eigenvalue weighted by Crippen LogP contribution is 2.24. The lowest BCUT2D eigenvalue weighted by molar-refractivity contribution is -0.136. The summed E-state index contributed by atoms with van der Waals surface area (Å²) in [4.78, 5) is 14.4. The summed E-state index contributed by atoms with van der Waals surface area (Å²) in [7, 11) is 0. The number of nitrogens with two attached hydrogens (primary N) is 1. The number of halogens is 1. The smallest absolute Gasteiger partial charge is 0.247 e. The van der Waals surface area contributed by atoms with Crippen molar-refractivity contribution in [1.29, 1.82) is 0 Å². The van der Waals surface area contributed by atoms with Crippen LogP contribution in [0.4, 0.5) is 0 Å². The van der Waals surface area contributed by atoms with Crippen molar-refractivity contribution in [3.63, 3.8) is 0 Å². The number of carbonyl (C=O) groups is 1. The number of carbonyl (C=O) groups excluding carboxylic acids is 1. The molecule has 1 aromatic rings. The van der Waals surface area contributed by atoms with E-state index in [1.165, 1.54) is 0 Å². The van der Waals surface area contributed by atoms with Gasteiger partial charge in [0, 0.05) is 29.1 Å². The predicted octanol–water partition coefficient (Wildman–Crippen LogP) is 2.20. The van der Waals surface area contributed by atoms with Gasteiger partial charge in [-0.2, -0.15) is 11.8 Å². The van der Waals surface area contributed by atoms with E-state index in [1.807, 2.05) is 40.9 Å². The molecule has 1 aromatic carbocycles. The molecule has 0 aliphatic carbocycles. The van der Waals surface area contributed by atoms with Gasteiger partial charge >= 0.3 is 0 Å². The lowest BCUT2D eigenvalue weighted by Gasteiger charge is -2.34. The van der Waals surface area contributed by atoms with E-state index in [9.17, 15) is 4.79 Å². The Morgan fingerprint density at radius 2 is 1.89 bits per heavy atom. The summed E-state index contributed by atoms with van der Waals surface area (Å²) < 4.78 is 0.990. The van der Waals surface area contributed by atoms with E-state index in [0.717, 1.165) is 34.6 Å². The van der Waals surface area contributed by atoms with Crippen LogP contribution in [0.3, 0.4) is 0 Å². The zero-order chi connectivity index (χ0) is 13.2. The number of amides is 1. The molecule has 1 amide bonds. The minimum atomic E-state index is -0.942. The second kappa shape index (κ2) is 5.63. The van der Waals surface area contributed by atoms with E-state index in [1.54, 1.807) is 6.92 Å². The summed E-state index contributed by atoms with van der Waals surface area (Å²) in [6.45, 7) is 3.39. The first-order valence-electron chi connectivity index (χ1n) is 5.94. The second-order valence-electron chi connectivity index (χ2n) is 4.61. The molecule has 1 atom stereocenters. The van der Waals surface area contributed by atoms with Crippen LogP contribution in [0.1, 0.15) is 12.5 Å². The third-order valence-corrected chi connectivity index (χ3v) is 4.66. The molecule has 0 aromatic heterocycles. The summed E-state index contributed by atoms with van der Waals surface area (Å²) in [5.41, 5.74) is 6.16. The molecule has 1 fully saturated rings. The van der Waals surface area contributed by atoms with E-state index in [2.05, 4.69) is 15.9 Å². The van der Waals surface area contributed by atoms with Crippen LogP contribution in [0.15, 0.2) is 28.7 Å². The van der Waals surface area contributed by atoms with Gasteiger partial charge < -0.3 is 10.6 Å². The molecular formula is C13H17BrN2OS. The minimum Gasteiger partial charge on any atom is -0.339 e. The number of rotatable bonds is 2. The van der Waals surface area contributed by atoms with Gasteiger partial charge in [-0.1, -0.05) is 28.1 Å². The summed E-state index contributed by atoms with van der Waals surface area (Å²) in [5, 5.41) is 0. The fourth-order valence-electron chi connectivity index (χ4n) is 2.01. The first-order chi connectivity index (χ1) is 8.51. The Bertz CT molecular complexity index is 427. The quantitative estimate of drug-likeness (QED) is 0.905. The Hall–Kier alpha value is -0.520. The lowest BCUT2D eigenvalue weighted by atomic mass is 9.91. The van der Waals surface area contributed by atoms with E-state index >= 15 is 0 Å². The first-order valence-corrected chi connectivity index (χ1v) is 7.88. The highest BCUT2D eigenvalue weighted by molar-refractivity contribution is 9.10. The molecule has 0 radical (unpaired) electrons. The highest BCUT2D eigenvalue weighted by atomic mass is 79.9. The second-order valence-corrected chi connectivity index (χ2v) is 6.75. The van der Waals surface area contributed by atoms with Gasteiger partial charge in [0.2, 0.25) is 5.91 Å². The molecule has 1 unspecified atom stereocenters. The molecule has 1 saturated heterocycles. The van der Waals surface area contributed by atoms with Crippen LogP contribution in [-0.2, 0) is 10.3 Å². The van der Waals surface area contributed by atoms with E-state index in [4.69, 9.17) is 5.73 Å². The fourth-order valence-corrected chi connectivity index (χ4v) is 3.18. The predicted molar refractivity (Wildman–Crippen MR) is 79.6 cm³/mol. The van der Waals surface area contributed by atoms with Crippen molar-refractivity contribution in [3.8, 4) is 0 Å². The van der Waals surface area contributed by atoms with Gasteiger partial charge in [-0.3, -0.25) is 4.79 Å². The van der Waals surface area contributed by atoms with Gasteiger partial charge in [0.25, 0.3) is 0 Å². The Morgan fingerprint density at radius 3 is 2.44 bits per heavy atom. The van der Waals surface area contributed by atoms with Crippen molar-refractivity contribution >= 4 is 33.6 Å². The maximum absolute atomic E-state index is 12.5. The zero-order valence-electron chi connectivity index (χ0n) is 10.4. The van der Waals surface area contributed by atoms with Crippen molar-refractivity contribution in [2.24, 2.45) is 5.73 Å². The van der Waals surface area contributed by atoms with Gasteiger partial charge in [-0.25, -0.2) is 0 Å². The van der Waals surface area contributed by atoms with Gasteiger partial charge in [0.05, 0.1) is 0 Å². The molecule has 18 heavy (non-hydrogen) atoms. The summed E-state index contributed by atoms with van der Waals surface area (Å²) in [5.74, 6) is 2.02. The molecule has 2 rings (SSSR count). The maximum atomic E-state index is 12.5. The van der Waals surface area contributed by atoms with Crippen molar-refractivity contribution in [2.75, 3.05) is 24.6 Å². The summed E-state index contributed by atoms with van der Waals surface area (Å²) in [6.07, 6.45) is 0. The molecular weight excluding hydrogens is 312 g/mol.